The van der Waals surface area contributed by atoms with Crippen LogP contribution < -0.4 is 5.32 Å². The van der Waals surface area contributed by atoms with E-state index in [9.17, 15) is 9.59 Å². The SMILES string of the molecule is CCc1nc(NC(=O)c2ccc(C)cc2)sc1CCCC=O. The molecule has 0 aliphatic heterocycles. The molecule has 0 bridgehead atoms. The number of anilines is 1. The number of amides is 1. The number of nitrogens with zero attached hydrogens (tertiary/aromatic N) is 1. The third-order valence-electron chi connectivity index (χ3n) is 3.37. The summed E-state index contributed by atoms with van der Waals surface area (Å²) in [5, 5.41) is 3.49. The Labute approximate surface area is 134 Å². The molecule has 0 aliphatic carbocycles. The summed E-state index contributed by atoms with van der Waals surface area (Å²) in [6, 6.07) is 7.45. The Morgan fingerprint density at radius 1 is 1.32 bits per heavy atom. The molecule has 5 heteroatoms. The van der Waals surface area contributed by atoms with Gasteiger partial charge in [0.25, 0.3) is 5.91 Å². The largest absolute Gasteiger partial charge is 0.303 e. The van der Waals surface area contributed by atoms with E-state index < -0.39 is 0 Å². The Hall–Kier alpha value is -2.01. The molecule has 0 atom stereocenters. The number of aldehydes is 1. The van der Waals surface area contributed by atoms with E-state index in [-0.39, 0.29) is 5.91 Å². The number of carbonyl (C=O) groups is 2. The molecule has 1 aromatic heterocycles. The molecule has 0 saturated carbocycles. The maximum Gasteiger partial charge on any atom is 0.257 e. The second kappa shape index (κ2) is 7.84. The molecular weight excluding hydrogens is 296 g/mol. The van der Waals surface area contributed by atoms with Crippen LogP contribution in [0.5, 0.6) is 0 Å². The molecule has 2 aromatic rings. The van der Waals surface area contributed by atoms with Gasteiger partial charge in [-0.15, -0.1) is 11.3 Å². The van der Waals surface area contributed by atoms with E-state index in [1.807, 2.05) is 38.1 Å². The predicted molar refractivity (Wildman–Crippen MR) is 89.6 cm³/mol. The number of hydrogen-bond donors (Lipinski definition) is 1. The van der Waals surface area contributed by atoms with E-state index in [0.29, 0.717) is 17.1 Å². The van der Waals surface area contributed by atoms with Crippen molar-refractivity contribution in [2.75, 3.05) is 5.32 Å². The Morgan fingerprint density at radius 3 is 2.68 bits per heavy atom. The summed E-state index contributed by atoms with van der Waals surface area (Å²) in [7, 11) is 0. The standard InChI is InChI=1S/C17H20N2O2S/c1-3-14-15(6-4-5-11-20)22-17(18-14)19-16(21)13-9-7-12(2)8-10-13/h7-11H,3-6H2,1-2H3,(H,18,19,21). The third kappa shape index (κ3) is 4.24. The highest BCUT2D eigenvalue weighted by molar-refractivity contribution is 7.15. The average Bonchev–Trinajstić information content (AvgIpc) is 2.90. The van der Waals surface area contributed by atoms with E-state index in [0.717, 1.165) is 41.7 Å². The van der Waals surface area contributed by atoms with Gasteiger partial charge < -0.3 is 4.79 Å². The molecule has 1 N–H and O–H groups in total. The summed E-state index contributed by atoms with van der Waals surface area (Å²) >= 11 is 1.50. The monoisotopic (exact) mass is 316 g/mol. The number of benzene rings is 1. The molecule has 0 aliphatic rings. The summed E-state index contributed by atoms with van der Waals surface area (Å²) in [6.07, 6.45) is 3.98. The highest BCUT2D eigenvalue weighted by atomic mass is 32.1. The minimum Gasteiger partial charge on any atom is -0.303 e. The zero-order chi connectivity index (χ0) is 15.9. The molecule has 0 unspecified atom stereocenters. The number of unbranched alkanes of at least 4 members (excludes halogenated alkanes) is 1. The molecule has 4 nitrogen and oxygen atoms in total. The molecule has 1 amide bonds. The first-order valence-corrected chi connectivity index (χ1v) is 8.26. The third-order valence-corrected chi connectivity index (χ3v) is 4.45. The number of rotatable bonds is 7. The number of aryl methyl sites for hydroxylation is 3. The highest BCUT2D eigenvalue weighted by Crippen LogP contribution is 2.25. The molecule has 0 saturated heterocycles. The fourth-order valence-corrected chi connectivity index (χ4v) is 3.22. The molecule has 1 heterocycles. The summed E-state index contributed by atoms with van der Waals surface area (Å²) < 4.78 is 0. The van der Waals surface area contributed by atoms with Gasteiger partial charge in [-0.1, -0.05) is 24.6 Å². The minimum atomic E-state index is -0.143. The van der Waals surface area contributed by atoms with Crippen molar-refractivity contribution in [3.63, 3.8) is 0 Å². The van der Waals surface area contributed by atoms with Crippen LogP contribution in [0.4, 0.5) is 5.13 Å². The topological polar surface area (TPSA) is 59.1 Å². The van der Waals surface area contributed by atoms with Gasteiger partial charge in [0.2, 0.25) is 0 Å². The quantitative estimate of drug-likeness (QED) is 0.624. The van der Waals surface area contributed by atoms with E-state index >= 15 is 0 Å². The van der Waals surface area contributed by atoms with Crippen LogP contribution in [0.15, 0.2) is 24.3 Å². The predicted octanol–water partition coefficient (Wildman–Crippen LogP) is 3.79. The van der Waals surface area contributed by atoms with Crippen molar-refractivity contribution < 1.29 is 9.59 Å². The van der Waals surface area contributed by atoms with Crippen LogP contribution in [0.1, 0.15) is 46.3 Å². The summed E-state index contributed by atoms with van der Waals surface area (Å²) in [5.41, 5.74) is 2.76. The van der Waals surface area contributed by atoms with Gasteiger partial charge >= 0.3 is 0 Å². The Morgan fingerprint density at radius 2 is 2.05 bits per heavy atom. The van der Waals surface area contributed by atoms with E-state index in [2.05, 4.69) is 10.3 Å². The van der Waals surface area contributed by atoms with Crippen molar-refractivity contribution in [1.82, 2.24) is 4.98 Å². The van der Waals surface area contributed by atoms with Crippen LogP contribution >= 0.6 is 11.3 Å². The van der Waals surface area contributed by atoms with Gasteiger partial charge in [0, 0.05) is 16.9 Å². The van der Waals surface area contributed by atoms with Crippen LogP contribution in [0.25, 0.3) is 0 Å². The van der Waals surface area contributed by atoms with Gasteiger partial charge in [-0.3, -0.25) is 10.1 Å². The molecule has 2 rings (SSSR count). The smallest absolute Gasteiger partial charge is 0.257 e. The number of hydrogen-bond acceptors (Lipinski definition) is 4. The van der Waals surface area contributed by atoms with Crippen molar-refractivity contribution in [2.24, 2.45) is 0 Å². The van der Waals surface area contributed by atoms with E-state index in [1.165, 1.54) is 11.3 Å². The molecular formula is C17H20N2O2S. The number of thiazole rings is 1. The fraction of sp³-hybridized carbons (Fsp3) is 0.353. The maximum atomic E-state index is 12.2. The van der Waals surface area contributed by atoms with Gasteiger partial charge in [-0.2, -0.15) is 0 Å². The second-order valence-corrected chi connectivity index (χ2v) is 6.21. The van der Waals surface area contributed by atoms with Gasteiger partial charge in [-0.25, -0.2) is 4.98 Å². The molecule has 22 heavy (non-hydrogen) atoms. The summed E-state index contributed by atoms with van der Waals surface area (Å²) in [6.45, 7) is 4.03. The van der Waals surface area contributed by atoms with Crippen molar-refractivity contribution in [3.05, 3.63) is 46.0 Å². The lowest BCUT2D eigenvalue weighted by Crippen LogP contribution is -2.11. The minimum absolute atomic E-state index is 0.143. The summed E-state index contributed by atoms with van der Waals surface area (Å²) in [4.78, 5) is 28.3. The number of carbonyl (C=O) groups excluding carboxylic acids is 2. The number of aromatic nitrogens is 1. The molecule has 1 aromatic carbocycles. The lowest BCUT2D eigenvalue weighted by Gasteiger charge is -2.01. The lowest BCUT2D eigenvalue weighted by atomic mass is 10.1. The normalized spacial score (nSPS) is 10.5. The van der Waals surface area contributed by atoms with Crippen LogP contribution in [0.2, 0.25) is 0 Å². The molecule has 0 fully saturated rings. The zero-order valence-electron chi connectivity index (χ0n) is 12.9. The van der Waals surface area contributed by atoms with Crippen LogP contribution in [-0.2, 0) is 17.6 Å². The second-order valence-electron chi connectivity index (χ2n) is 5.12. The Kier molecular flexibility index (Phi) is 5.83. The first kappa shape index (κ1) is 16.4. The van der Waals surface area contributed by atoms with Crippen molar-refractivity contribution >= 4 is 28.7 Å². The van der Waals surface area contributed by atoms with Crippen molar-refractivity contribution in [3.8, 4) is 0 Å². The Balaban J connectivity index is 2.07. The average molecular weight is 316 g/mol. The van der Waals surface area contributed by atoms with Gasteiger partial charge in [-0.05, 0) is 38.3 Å². The van der Waals surface area contributed by atoms with E-state index in [4.69, 9.17) is 0 Å². The molecule has 116 valence electrons. The zero-order valence-corrected chi connectivity index (χ0v) is 13.7. The fourth-order valence-electron chi connectivity index (χ4n) is 2.13. The molecule has 0 radical (unpaired) electrons. The maximum absolute atomic E-state index is 12.2. The lowest BCUT2D eigenvalue weighted by molar-refractivity contribution is -0.107. The van der Waals surface area contributed by atoms with E-state index in [1.54, 1.807) is 0 Å². The first-order chi connectivity index (χ1) is 10.6. The van der Waals surface area contributed by atoms with Gasteiger partial charge in [0.05, 0.1) is 5.69 Å². The van der Waals surface area contributed by atoms with Gasteiger partial charge in [0.1, 0.15) is 6.29 Å². The molecule has 0 spiro atoms. The highest BCUT2D eigenvalue weighted by Gasteiger charge is 2.13. The van der Waals surface area contributed by atoms with Crippen LogP contribution in [0, 0.1) is 6.92 Å². The van der Waals surface area contributed by atoms with Crippen LogP contribution in [0.3, 0.4) is 0 Å². The van der Waals surface area contributed by atoms with Crippen molar-refractivity contribution in [1.29, 1.82) is 0 Å². The van der Waals surface area contributed by atoms with Crippen LogP contribution in [-0.4, -0.2) is 17.2 Å². The first-order valence-electron chi connectivity index (χ1n) is 7.44. The van der Waals surface area contributed by atoms with Crippen molar-refractivity contribution in [2.45, 2.75) is 39.5 Å². The summed E-state index contributed by atoms with van der Waals surface area (Å²) in [5.74, 6) is -0.143. The Bertz CT molecular complexity index is 647. The van der Waals surface area contributed by atoms with Gasteiger partial charge in [0.15, 0.2) is 5.13 Å². The number of nitrogens with one attached hydrogen (secondary N) is 1.